The summed E-state index contributed by atoms with van der Waals surface area (Å²) in [5.41, 5.74) is 7.96. The van der Waals surface area contributed by atoms with E-state index in [0.717, 1.165) is 5.39 Å². The summed E-state index contributed by atoms with van der Waals surface area (Å²) in [6.45, 7) is 3.31. The molecule has 10 nitrogen and oxygen atoms in total. The van der Waals surface area contributed by atoms with Crippen LogP contribution in [0.3, 0.4) is 0 Å². The van der Waals surface area contributed by atoms with Gasteiger partial charge in [-0.2, -0.15) is 0 Å². The topological polar surface area (TPSA) is 146 Å². The third-order valence-corrected chi connectivity index (χ3v) is 6.28. The van der Waals surface area contributed by atoms with Crippen molar-refractivity contribution in [2.45, 2.75) is 19.9 Å². The number of carbonyl (C=O) groups is 2. The Labute approximate surface area is 229 Å². The zero-order valence-corrected chi connectivity index (χ0v) is 21.9. The first kappa shape index (κ1) is 26.1. The highest BCUT2D eigenvalue weighted by Gasteiger charge is 2.25. The molecule has 0 aliphatic rings. The van der Waals surface area contributed by atoms with Gasteiger partial charge in [0, 0.05) is 24.1 Å². The molecule has 3 aromatic heterocycles. The van der Waals surface area contributed by atoms with Gasteiger partial charge in [-0.1, -0.05) is 36.1 Å². The molecule has 198 valence electrons. The predicted octanol–water partition coefficient (Wildman–Crippen LogP) is 2.31. The van der Waals surface area contributed by atoms with Gasteiger partial charge < -0.3 is 10.6 Å². The third-order valence-electron chi connectivity index (χ3n) is 6.28. The van der Waals surface area contributed by atoms with Crippen LogP contribution < -0.4 is 26.9 Å². The van der Waals surface area contributed by atoms with Crippen molar-refractivity contribution in [2.24, 2.45) is 0 Å². The summed E-state index contributed by atoms with van der Waals surface area (Å²) in [5, 5.41) is 6.63. The lowest BCUT2D eigenvalue weighted by molar-refractivity contribution is -0.358. The molecule has 2 aromatic carbocycles. The van der Waals surface area contributed by atoms with Crippen LogP contribution in [0.2, 0.25) is 0 Å². The van der Waals surface area contributed by atoms with Crippen molar-refractivity contribution < 1.29 is 14.6 Å². The van der Waals surface area contributed by atoms with E-state index >= 15 is 0 Å². The van der Waals surface area contributed by atoms with E-state index in [1.165, 1.54) is 11.5 Å². The highest BCUT2D eigenvalue weighted by Crippen LogP contribution is 2.22. The average Bonchev–Trinajstić information content (AvgIpc) is 2.95. The molecule has 3 heterocycles. The number of nitrogens with two attached hydrogens (primary N) is 1. The van der Waals surface area contributed by atoms with Crippen molar-refractivity contribution in [3.8, 4) is 17.5 Å². The van der Waals surface area contributed by atoms with Crippen molar-refractivity contribution in [1.29, 1.82) is 0 Å². The minimum Gasteiger partial charge on any atom is -0.345 e. The molecule has 0 saturated carbocycles. The van der Waals surface area contributed by atoms with Gasteiger partial charge in [0.05, 0.1) is 40.9 Å². The fraction of sp³-hybridized carbons (Fsp3) is 0.133. The molecular formula is C30H26N7O3+. The van der Waals surface area contributed by atoms with Gasteiger partial charge in [-0.05, 0) is 43.3 Å². The number of nitrogens with one attached hydrogen (secondary N) is 3. The van der Waals surface area contributed by atoms with Crippen LogP contribution in [0.4, 0.5) is 5.82 Å². The molecule has 5 rings (SSSR count). The summed E-state index contributed by atoms with van der Waals surface area (Å²) in [4.78, 5) is 50.8. The highest BCUT2D eigenvalue weighted by molar-refractivity contribution is 6.08. The minimum atomic E-state index is -0.697. The first-order valence-electron chi connectivity index (χ1n) is 12.6. The standard InChI is InChI=1S/C30H25N7O3/c1-18(35-29(39)25-26-21(11-8-16-33-26)17-34-27(25)31)28-36-23-14-6-9-20(10-7-15-32-19(2)38)24(23)30(40)37(28)22-12-4-3-5-13-22/h3-6,8-9,11-14,16-18H,15H2,1-2H3,(H2,31,34)(H,32,38)(H,35,39)/p+1. The Morgan fingerprint density at radius 2 is 1.90 bits per heavy atom. The van der Waals surface area contributed by atoms with Crippen LogP contribution in [0.25, 0.3) is 27.5 Å². The number of amides is 2. The number of aromatic nitrogens is 4. The first-order valence-corrected chi connectivity index (χ1v) is 12.6. The number of para-hydroxylation sites is 1. The monoisotopic (exact) mass is 532 g/mol. The van der Waals surface area contributed by atoms with Gasteiger partial charge in [0.1, 0.15) is 5.82 Å². The maximum Gasteiger partial charge on any atom is 0.285 e. The van der Waals surface area contributed by atoms with Crippen LogP contribution in [0.15, 0.2) is 77.9 Å². The Kier molecular flexibility index (Phi) is 7.20. The molecule has 2 amide bonds. The summed E-state index contributed by atoms with van der Waals surface area (Å²) in [7, 11) is 0. The van der Waals surface area contributed by atoms with E-state index in [1.54, 1.807) is 55.7 Å². The van der Waals surface area contributed by atoms with E-state index in [9.17, 15) is 14.4 Å². The molecular weight excluding hydrogens is 506 g/mol. The van der Waals surface area contributed by atoms with E-state index in [1.807, 2.05) is 24.3 Å². The predicted molar refractivity (Wildman–Crippen MR) is 151 cm³/mol. The zero-order chi connectivity index (χ0) is 28.2. The number of benzene rings is 2. The second kappa shape index (κ2) is 11.0. The SMILES string of the molecule is CC(=O)NCC#Cc1cccc2nc(C(C)NC(=O)c3c(N)[nH+]cc4cccnc34)n(-c3ccccc3)c(=O)c12. The highest BCUT2D eigenvalue weighted by atomic mass is 16.2. The van der Waals surface area contributed by atoms with Crippen molar-refractivity contribution in [2.75, 3.05) is 12.3 Å². The molecule has 0 bridgehead atoms. The van der Waals surface area contributed by atoms with Gasteiger partial charge in [0.25, 0.3) is 17.3 Å². The lowest BCUT2D eigenvalue weighted by Gasteiger charge is -2.20. The summed E-state index contributed by atoms with van der Waals surface area (Å²) in [5.74, 6) is 5.70. The molecule has 5 aromatic rings. The maximum atomic E-state index is 14.0. The summed E-state index contributed by atoms with van der Waals surface area (Å²) < 4.78 is 1.48. The van der Waals surface area contributed by atoms with Gasteiger partial charge in [0.2, 0.25) is 5.91 Å². The Bertz CT molecular complexity index is 1890. The average molecular weight is 533 g/mol. The molecule has 0 saturated heterocycles. The molecule has 0 aliphatic heterocycles. The second-order valence-electron chi connectivity index (χ2n) is 9.07. The number of fused-ring (bicyclic) bond motifs is 2. The molecule has 1 atom stereocenters. The quantitative estimate of drug-likeness (QED) is 0.296. The van der Waals surface area contributed by atoms with Gasteiger partial charge in [-0.25, -0.2) is 9.97 Å². The van der Waals surface area contributed by atoms with E-state index in [4.69, 9.17) is 10.7 Å². The Morgan fingerprint density at radius 3 is 2.67 bits per heavy atom. The van der Waals surface area contributed by atoms with Crippen LogP contribution in [-0.4, -0.2) is 32.9 Å². The smallest absolute Gasteiger partial charge is 0.285 e. The zero-order valence-electron chi connectivity index (χ0n) is 21.9. The van der Waals surface area contributed by atoms with Crippen molar-refractivity contribution >= 4 is 39.4 Å². The molecule has 5 N–H and O–H groups in total. The van der Waals surface area contributed by atoms with Crippen molar-refractivity contribution in [3.63, 3.8) is 0 Å². The molecule has 40 heavy (non-hydrogen) atoms. The lowest BCUT2D eigenvalue weighted by Crippen LogP contribution is -2.34. The van der Waals surface area contributed by atoms with Crippen molar-refractivity contribution in [1.82, 2.24) is 25.2 Å². The first-order chi connectivity index (χ1) is 19.3. The van der Waals surface area contributed by atoms with Crippen LogP contribution in [-0.2, 0) is 4.79 Å². The number of pyridine rings is 2. The van der Waals surface area contributed by atoms with E-state index in [-0.39, 0.29) is 29.4 Å². The van der Waals surface area contributed by atoms with E-state index in [0.29, 0.717) is 33.5 Å². The number of nitrogen functional groups attached to an aromatic ring is 1. The Morgan fingerprint density at radius 1 is 1.10 bits per heavy atom. The number of nitrogens with zero attached hydrogens (tertiary/aromatic N) is 3. The summed E-state index contributed by atoms with van der Waals surface area (Å²) in [6, 6.07) is 17.2. The van der Waals surface area contributed by atoms with Gasteiger partial charge in [-0.15, -0.1) is 0 Å². The van der Waals surface area contributed by atoms with Crippen LogP contribution in [0.1, 0.15) is 41.6 Å². The third kappa shape index (κ3) is 5.08. The second-order valence-corrected chi connectivity index (χ2v) is 9.07. The Hall–Kier alpha value is -5.56. The summed E-state index contributed by atoms with van der Waals surface area (Å²) >= 11 is 0. The molecule has 0 radical (unpaired) electrons. The molecule has 0 fully saturated rings. The number of hydrogen-bond acceptors (Lipinski definition) is 6. The number of H-pyrrole nitrogens is 1. The molecule has 1 unspecified atom stereocenters. The van der Waals surface area contributed by atoms with Crippen LogP contribution >= 0.6 is 0 Å². The van der Waals surface area contributed by atoms with Gasteiger partial charge >= 0.3 is 0 Å². The Balaban J connectivity index is 1.62. The van der Waals surface area contributed by atoms with Gasteiger partial charge in [-0.3, -0.25) is 29.7 Å². The fourth-order valence-electron chi connectivity index (χ4n) is 4.44. The molecule has 0 spiro atoms. The van der Waals surface area contributed by atoms with Crippen LogP contribution in [0, 0.1) is 11.8 Å². The summed E-state index contributed by atoms with van der Waals surface area (Å²) in [6.07, 6.45) is 3.28. The lowest BCUT2D eigenvalue weighted by atomic mass is 10.1. The molecule has 10 heteroatoms. The van der Waals surface area contributed by atoms with Crippen LogP contribution in [0.5, 0.6) is 0 Å². The van der Waals surface area contributed by atoms with Gasteiger partial charge in [0.15, 0.2) is 5.56 Å². The minimum absolute atomic E-state index is 0.150. The fourth-order valence-corrected chi connectivity index (χ4v) is 4.44. The number of carbonyl (C=O) groups excluding carboxylic acids is 2. The van der Waals surface area contributed by atoms with E-state index < -0.39 is 11.9 Å². The maximum absolute atomic E-state index is 14.0. The van der Waals surface area contributed by atoms with Crippen molar-refractivity contribution in [3.05, 3.63) is 100 Å². The van der Waals surface area contributed by atoms with E-state index in [2.05, 4.69) is 32.4 Å². The molecule has 0 aliphatic carbocycles. The number of anilines is 1. The number of aromatic amines is 1. The largest absolute Gasteiger partial charge is 0.345 e. The number of hydrogen-bond donors (Lipinski definition) is 3. The normalized spacial score (nSPS) is 11.4. The number of rotatable bonds is 5.